The SMILES string of the molecule is CCn1cc(C#Cc2cc(NC(=O)N3OCC[C@@H]3c3ccccc3)ccc2C)c2c(N)ncnc21. The Hall–Kier alpha value is -4.35. The molecule has 1 aliphatic heterocycles. The number of anilines is 2. The molecule has 2 amide bonds. The zero-order valence-corrected chi connectivity index (χ0v) is 19.7. The van der Waals surface area contributed by atoms with Crippen molar-refractivity contribution in [2.24, 2.45) is 0 Å². The van der Waals surface area contributed by atoms with Crippen molar-refractivity contribution in [3.63, 3.8) is 0 Å². The molecule has 35 heavy (non-hydrogen) atoms. The van der Waals surface area contributed by atoms with E-state index in [0.717, 1.165) is 46.3 Å². The normalized spacial score (nSPS) is 15.1. The van der Waals surface area contributed by atoms with Crippen molar-refractivity contribution < 1.29 is 9.63 Å². The number of benzene rings is 2. The number of urea groups is 1. The highest BCUT2D eigenvalue weighted by atomic mass is 16.7. The van der Waals surface area contributed by atoms with Gasteiger partial charge >= 0.3 is 6.03 Å². The van der Waals surface area contributed by atoms with Gasteiger partial charge in [-0.3, -0.25) is 4.84 Å². The number of aromatic nitrogens is 3. The van der Waals surface area contributed by atoms with Crippen molar-refractivity contribution in [2.75, 3.05) is 17.7 Å². The fourth-order valence-electron chi connectivity index (χ4n) is 4.28. The van der Waals surface area contributed by atoms with Gasteiger partial charge in [-0.05, 0) is 37.1 Å². The Kier molecular flexibility index (Phi) is 6.08. The minimum Gasteiger partial charge on any atom is -0.383 e. The lowest BCUT2D eigenvalue weighted by Crippen LogP contribution is -2.33. The average Bonchev–Trinajstić information content (AvgIpc) is 3.51. The quantitative estimate of drug-likeness (QED) is 0.428. The number of nitrogens with two attached hydrogens (primary N) is 1. The second-order valence-corrected chi connectivity index (χ2v) is 8.37. The van der Waals surface area contributed by atoms with E-state index in [9.17, 15) is 4.79 Å². The molecule has 1 saturated heterocycles. The monoisotopic (exact) mass is 466 g/mol. The standard InChI is InChI=1S/C27H26N6O2/c1-3-32-16-21(24-25(28)29-17-30-26(24)32)11-10-20-15-22(12-9-18(20)2)31-27(34)33-23(13-14-35-33)19-7-5-4-6-8-19/h4-9,12,15-17,23H,3,13-14H2,1-2H3,(H,31,34)(H2,28,29,30)/t23-/m1/s1. The molecule has 3 heterocycles. The number of rotatable bonds is 3. The van der Waals surface area contributed by atoms with Crippen molar-refractivity contribution in [2.45, 2.75) is 32.9 Å². The van der Waals surface area contributed by atoms with Gasteiger partial charge in [0.25, 0.3) is 0 Å². The Balaban J connectivity index is 1.40. The van der Waals surface area contributed by atoms with Crippen molar-refractivity contribution in [1.29, 1.82) is 0 Å². The number of nitrogens with zero attached hydrogens (tertiary/aromatic N) is 4. The molecule has 2 aromatic carbocycles. The van der Waals surface area contributed by atoms with Gasteiger partial charge < -0.3 is 15.6 Å². The molecule has 4 aromatic rings. The van der Waals surface area contributed by atoms with Crippen LogP contribution in [0.1, 0.15) is 41.6 Å². The molecule has 3 N–H and O–H groups in total. The lowest BCUT2D eigenvalue weighted by Gasteiger charge is -2.23. The molecular weight excluding hydrogens is 440 g/mol. The number of hydroxylamine groups is 2. The number of fused-ring (bicyclic) bond motifs is 1. The highest BCUT2D eigenvalue weighted by Gasteiger charge is 2.31. The number of hydrogen-bond donors (Lipinski definition) is 2. The van der Waals surface area contributed by atoms with E-state index in [-0.39, 0.29) is 12.1 Å². The molecule has 0 unspecified atom stereocenters. The van der Waals surface area contributed by atoms with Gasteiger partial charge in [0.15, 0.2) is 0 Å². The highest BCUT2D eigenvalue weighted by molar-refractivity contribution is 5.92. The maximum absolute atomic E-state index is 13.0. The molecule has 2 aromatic heterocycles. The molecule has 1 atom stereocenters. The Morgan fingerprint density at radius 1 is 1.17 bits per heavy atom. The van der Waals surface area contributed by atoms with E-state index in [1.54, 1.807) is 0 Å². The summed E-state index contributed by atoms with van der Waals surface area (Å²) in [6.45, 7) is 5.27. The lowest BCUT2D eigenvalue weighted by atomic mass is 10.1. The summed E-state index contributed by atoms with van der Waals surface area (Å²) in [5.74, 6) is 6.86. The molecule has 5 rings (SSSR count). The molecule has 176 valence electrons. The largest absolute Gasteiger partial charge is 0.383 e. The van der Waals surface area contributed by atoms with E-state index in [4.69, 9.17) is 10.6 Å². The summed E-state index contributed by atoms with van der Waals surface area (Å²) in [5, 5.41) is 5.12. The summed E-state index contributed by atoms with van der Waals surface area (Å²) in [4.78, 5) is 27.1. The van der Waals surface area contributed by atoms with Gasteiger partial charge in [0.2, 0.25) is 0 Å². The summed E-state index contributed by atoms with van der Waals surface area (Å²) in [6.07, 6.45) is 4.15. The Morgan fingerprint density at radius 2 is 1.97 bits per heavy atom. The fraction of sp³-hybridized carbons (Fsp3) is 0.222. The topological polar surface area (TPSA) is 98.3 Å². The van der Waals surface area contributed by atoms with E-state index in [1.165, 1.54) is 11.4 Å². The van der Waals surface area contributed by atoms with Crippen LogP contribution in [0.4, 0.5) is 16.3 Å². The van der Waals surface area contributed by atoms with E-state index >= 15 is 0 Å². The molecule has 0 radical (unpaired) electrons. The van der Waals surface area contributed by atoms with Crippen LogP contribution >= 0.6 is 0 Å². The van der Waals surface area contributed by atoms with Gasteiger partial charge in [-0.1, -0.05) is 48.2 Å². The van der Waals surface area contributed by atoms with E-state index in [2.05, 4.69) is 27.1 Å². The van der Waals surface area contributed by atoms with E-state index in [0.29, 0.717) is 18.1 Å². The summed E-state index contributed by atoms with van der Waals surface area (Å²) >= 11 is 0. The van der Waals surface area contributed by atoms with Crippen LogP contribution in [-0.4, -0.2) is 32.2 Å². The minimum atomic E-state index is -0.310. The number of hydrogen-bond acceptors (Lipinski definition) is 5. The van der Waals surface area contributed by atoms with Crippen LogP contribution < -0.4 is 11.1 Å². The maximum atomic E-state index is 13.0. The van der Waals surface area contributed by atoms with Crippen LogP contribution in [-0.2, 0) is 11.4 Å². The number of carbonyl (C=O) groups is 1. The molecule has 0 spiro atoms. The molecule has 1 fully saturated rings. The van der Waals surface area contributed by atoms with Gasteiger partial charge in [-0.15, -0.1) is 0 Å². The minimum absolute atomic E-state index is 0.121. The van der Waals surface area contributed by atoms with Crippen LogP contribution in [0.5, 0.6) is 0 Å². The highest BCUT2D eigenvalue weighted by Crippen LogP contribution is 2.31. The van der Waals surface area contributed by atoms with Gasteiger partial charge in [0.05, 0.1) is 23.6 Å². The van der Waals surface area contributed by atoms with Crippen LogP contribution in [0.3, 0.4) is 0 Å². The predicted molar refractivity (Wildman–Crippen MR) is 135 cm³/mol. The zero-order chi connectivity index (χ0) is 24.4. The Labute approximate surface area is 203 Å². The van der Waals surface area contributed by atoms with Crippen LogP contribution in [0, 0.1) is 18.8 Å². The van der Waals surface area contributed by atoms with Crippen molar-refractivity contribution in [3.05, 3.63) is 83.3 Å². The second-order valence-electron chi connectivity index (χ2n) is 8.37. The fourth-order valence-corrected chi connectivity index (χ4v) is 4.28. The zero-order valence-electron chi connectivity index (χ0n) is 19.7. The molecule has 0 bridgehead atoms. The summed E-state index contributed by atoms with van der Waals surface area (Å²) < 4.78 is 2.00. The van der Waals surface area contributed by atoms with Gasteiger partial charge in [-0.25, -0.2) is 14.8 Å². The van der Waals surface area contributed by atoms with Crippen molar-refractivity contribution in [3.8, 4) is 11.8 Å². The smallest absolute Gasteiger partial charge is 0.346 e. The second kappa shape index (κ2) is 9.49. The van der Waals surface area contributed by atoms with E-state index in [1.807, 2.05) is 73.1 Å². The summed E-state index contributed by atoms with van der Waals surface area (Å²) in [5.41, 5.74) is 11.1. The molecule has 0 saturated carbocycles. The molecule has 0 aliphatic carbocycles. The predicted octanol–water partition coefficient (Wildman–Crippen LogP) is 4.65. The number of nitrogen functional groups attached to an aromatic ring is 1. The van der Waals surface area contributed by atoms with Crippen LogP contribution in [0.25, 0.3) is 11.0 Å². The Morgan fingerprint density at radius 3 is 2.77 bits per heavy atom. The lowest BCUT2D eigenvalue weighted by molar-refractivity contribution is -0.0829. The number of carbonyl (C=O) groups excluding carboxylic acids is 1. The van der Waals surface area contributed by atoms with Crippen LogP contribution in [0.2, 0.25) is 0 Å². The molecular formula is C27H26N6O2. The van der Waals surface area contributed by atoms with Crippen molar-refractivity contribution in [1.82, 2.24) is 19.6 Å². The van der Waals surface area contributed by atoms with Crippen molar-refractivity contribution >= 4 is 28.6 Å². The number of aryl methyl sites for hydroxylation is 2. The first-order valence-electron chi connectivity index (χ1n) is 11.5. The molecule has 8 nitrogen and oxygen atoms in total. The van der Waals surface area contributed by atoms with Gasteiger partial charge in [0, 0.05) is 30.4 Å². The van der Waals surface area contributed by atoms with E-state index < -0.39 is 0 Å². The third-order valence-electron chi connectivity index (χ3n) is 6.13. The average molecular weight is 467 g/mol. The molecule has 1 aliphatic rings. The first-order valence-corrected chi connectivity index (χ1v) is 11.5. The van der Waals surface area contributed by atoms with Gasteiger partial charge in [-0.2, -0.15) is 5.06 Å². The third kappa shape index (κ3) is 4.42. The maximum Gasteiger partial charge on any atom is 0.346 e. The summed E-state index contributed by atoms with van der Waals surface area (Å²) in [6, 6.07) is 15.1. The first-order chi connectivity index (χ1) is 17.0. The van der Waals surface area contributed by atoms with Crippen LogP contribution in [0.15, 0.2) is 61.1 Å². The first kappa shape index (κ1) is 22.4. The third-order valence-corrected chi connectivity index (χ3v) is 6.13. The molecule has 8 heteroatoms. The Bertz CT molecular complexity index is 1450. The number of amides is 2. The number of nitrogens with one attached hydrogen (secondary N) is 1. The summed E-state index contributed by atoms with van der Waals surface area (Å²) in [7, 11) is 0. The van der Waals surface area contributed by atoms with Gasteiger partial charge in [0.1, 0.15) is 17.8 Å².